The zero-order valence-electron chi connectivity index (χ0n) is 32.5. The highest BCUT2D eigenvalue weighted by Gasteiger charge is 2.35. The van der Waals surface area contributed by atoms with Crippen LogP contribution in [0.3, 0.4) is 0 Å². The molecular formula is C45H47N5O7. The number of nitrogens with zero attached hydrogens (tertiary/aromatic N) is 5. The van der Waals surface area contributed by atoms with Gasteiger partial charge >= 0.3 is 6.09 Å². The van der Waals surface area contributed by atoms with Crippen molar-refractivity contribution in [2.24, 2.45) is 7.05 Å². The number of ether oxygens (including phenoxy) is 2. The van der Waals surface area contributed by atoms with Crippen LogP contribution in [0.4, 0.5) is 10.5 Å². The quantitative estimate of drug-likeness (QED) is 0.202. The number of aromatic nitrogens is 1. The van der Waals surface area contributed by atoms with Gasteiger partial charge in [-0.2, -0.15) is 0 Å². The van der Waals surface area contributed by atoms with E-state index in [4.69, 9.17) is 9.47 Å². The number of fused-ring (bicyclic) bond motifs is 2. The third kappa shape index (κ3) is 7.58. The largest absolute Gasteiger partial charge is 0.508 e. The van der Waals surface area contributed by atoms with Gasteiger partial charge in [-0.15, -0.1) is 0 Å². The SMILES string of the molecule is Cc1c(C(=O)N(C)c2ccc(O)cc2)cc(-c2cc3c(cc2C(=O)N2Cc4ccccc4C[C@H]2CN2CCOCC2)CN(C(=O)Oc2ccccc2O)CC3)n1C. The van der Waals surface area contributed by atoms with Gasteiger partial charge in [-0.1, -0.05) is 36.4 Å². The predicted molar refractivity (Wildman–Crippen MR) is 216 cm³/mol. The van der Waals surface area contributed by atoms with Crippen molar-refractivity contribution in [1.82, 2.24) is 19.3 Å². The minimum Gasteiger partial charge on any atom is -0.508 e. The van der Waals surface area contributed by atoms with Gasteiger partial charge in [-0.05, 0) is 96.6 Å². The Hall–Kier alpha value is -6.11. The lowest BCUT2D eigenvalue weighted by molar-refractivity contribution is 0.0193. The number of anilines is 1. The Morgan fingerprint density at radius 1 is 0.825 bits per heavy atom. The van der Waals surface area contributed by atoms with Crippen molar-refractivity contribution in [1.29, 1.82) is 0 Å². The summed E-state index contributed by atoms with van der Waals surface area (Å²) in [6.07, 6.45) is 0.649. The summed E-state index contributed by atoms with van der Waals surface area (Å²) in [7, 11) is 3.61. The molecule has 1 saturated heterocycles. The fraction of sp³-hybridized carbons (Fsp3) is 0.311. The molecule has 3 aliphatic rings. The van der Waals surface area contributed by atoms with E-state index in [1.54, 1.807) is 59.3 Å². The van der Waals surface area contributed by atoms with Crippen LogP contribution in [0.1, 0.15) is 48.7 Å². The maximum Gasteiger partial charge on any atom is 0.415 e. The zero-order chi connectivity index (χ0) is 39.8. The number of amides is 3. The number of para-hydroxylation sites is 2. The van der Waals surface area contributed by atoms with Gasteiger partial charge in [0.2, 0.25) is 0 Å². The van der Waals surface area contributed by atoms with Crippen LogP contribution in [0.15, 0.2) is 91.0 Å². The molecule has 12 heteroatoms. The van der Waals surface area contributed by atoms with Crippen molar-refractivity contribution in [3.63, 3.8) is 0 Å². The topological polar surface area (TPSA) is 128 Å². The Morgan fingerprint density at radius 3 is 2.30 bits per heavy atom. The molecule has 2 N–H and O–H groups in total. The van der Waals surface area contributed by atoms with Crippen LogP contribution in [-0.2, 0) is 37.7 Å². The summed E-state index contributed by atoms with van der Waals surface area (Å²) >= 11 is 0. The number of carbonyl (C=O) groups excluding carboxylic acids is 3. The van der Waals surface area contributed by atoms with E-state index < -0.39 is 6.09 Å². The Balaban J connectivity index is 1.19. The number of phenols is 2. The summed E-state index contributed by atoms with van der Waals surface area (Å²) < 4.78 is 13.2. The van der Waals surface area contributed by atoms with Gasteiger partial charge in [-0.25, -0.2) is 4.79 Å². The summed E-state index contributed by atoms with van der Waals surface area (Å²) in [6, 6.07) is 26.9. The summed E-state index contributed by atoms with van der Waals surface area (Å²) in [5.41, 5.74) is 7.98. The number of phenolic OH excluding ortho intramolecular Hbond substituents is 2. The summed E-state index contributed by atoms with van der Waals surface area (Å²) in [5.74, 6) is -0.274. The van der Waals surface area contributed by atoms with Crippen LogP contribution in [-0.4, -0.2) is 99.9 Å². The third-order valence-corrected chi connectivity index (χ3v) is 11.7. The van der Waals surface area contributed by atoms with Gasteiger partial charge in [0.05, 0.1) is 18.8 Å². The molecule has 57 heavy (non-hydrogen) atoms. The second-order valence-corrected chi connectivity index (χ2v) is 15.1. The van der Waals surface area contributed by atoms with Crippen molar-refractivity contribution in [3.8, 4) is 28.5 Å². The Morgan fingerprint density at radius 2 is 1.54 bits per heavy atom. The van der Waals surface area contributed by atoms with Gasteiger partial charge in [-0.3, -0.25) is 14.5 Å². The summed E-state index contributed by atoms with van der Waals surface area (Å²) in [4.78, 5) is 50.3. The molecule has 0 radical (unpaired) electrons. The number of rotatable bonds is 7. The van der Waals surface area contributed by atoms with Crippen LogP contribution in [0, 0.1) is 6.92 Å². The smallest absolute Gasteiger partial charge is 0.415 e. The average Bonchev–Trinajstić information content (AvgIpc) is 3.53. The van der Waals surface area contributed by atoms with E-state index in [-0.39, 0.29) is 41.6 Å². The molecule has 0 aliphatic carbocycles. The Bertz CT molecular complexity index is 2330. The lowest BCUT2D eigenvalue weighted by Crippen LogP contribution is -2.52. The third-order valence-electron chi connectivity index (χ3n) is 11.7. The number of carbonyl (C=O) groups is 3. The van der Waals surface area contributed by atoms with Gasteiger partial charge < -0.3 is 39.0 Å². The summed E-state index contributed by atoms with van der Waals surface area (Å²) in [6.45, 7) is 6.57. The lowest BCUT2D eigenvalue weighted by atomic mass is 9.89. The molecule has 0 bridgehead atoms. The van der Waals surface area contributed by atoms with E-state index >= 15 is 4.79 Å². The number of benzene rings is 4. The fourth-order valence-corrected chi connectivity index (χ4v) is 8.23. The molecule has 3 aliphatic heterocycles. The predicted octanol–water partition coefficient (Wildman–Crippen LogP) is 6.14. The van der Waals surface area contributed by atoms with E-state index in [0.29, 0.717) is 61.6 Å². The number of hydrogen-bond donors (Lipinski definition) is 2. The van der Waals surface area contributed by atoms with Crippen LogP contribution in [0.25, 0.3) is 11.3 Å². The van der Waals surface area contributed by atoms with Gasteiger partial charge in [0.15, 0.2) is 11.5 Å². The Labute approximate surface area is 332 Å². The first-order chi connectivity index (χ1) is 27.5. The molecule has 4 heterocycles. The van der Waals surface area contributed by atoms with E-state index in [1.165, 1.54) is 11.6 Å². The first kappa shape index (κ1) is 37.8. The molecule has 1 aromatic heterocycles. The maximum absolute atomic E-state index is 15.3. The second kappa shape index (κ2) is 15.8. The maximum atomic E-state index is 15.3. The molecule has 294 valence electrons. The Kier molecular flexibility index (Phi) is 10.5. The standard InChI is InChI=1S/C45H47N5O7/c1-29-37(43(53)47(3)34-12-14-36(51)15-13-34)25-40(46(29)2)38-23-31-16-17-49(45(55)57-42-11-7-6-10-41(42)52)26-33(31)24-39(38)44(54)50-27-32-9-5-4-8-30(32)22-35(50)28-48-18-20-56-21-19-48/h4-15,23-25,35,51-52H,16-22,26-28H2,1-3H3/t35-/m0/s1. The molecule has 0 saturated carbocycles. The molecule has 1 atom stereocenters. The van der Waals surface area contributed by atoms with Crippen LogP contribution in [0.5, 0.6) is 17.2 Å². The molecular weight excluding hydrogens is 723 g/mol. The molecule has 0 spiro atoms. The zero-order valence-corrected chi connectivity index (χ0v) is 32.5. The summed E-state index contributed by atoms with van der Waals surface area (Å²) in [5, 5.41) is 20.1. The molecule has 5 aromatic rings. The van der Waals surface area contributed by atoms with Crippen molar-refractivity contribution in [3.05, 3.63) is 130 Å². The average molecular weight is 770 g/mol. The van der Waals surface area contributed by atoms with Crippen molar-refractivity contribution in [2.45, 2.75) is 38.9 Å². The van der Waals surface area contributed by atoms with Crippen molar-refractivity contribution >= 4 is 23.6 Å². The van der Waals surface area contributed by atoms with E-state index in [1.807, 2.05) is 41.6 Å². The van der Waals surface area contributed by atoms with E-state index in [9.17, 15) is 19.8 Å². The number of aromatic hydroxyl groups is 2. The van der Waals surface area contributed by atoms with Gasteiger partial charge in [0.1, 0.15) is 5.75 Å². The first-order valence-electron chi connectivity index (χ1n) is 19.4. The lowest BCUT2D eigenvalue weighted by Gasteiger charge is -2.41. The van der Waals surface area contributed by atoms with E-state index in [0.717, 1.165) is 47.6 Å². The first-order valence-corrected chi connectivity index (χ1v) is 19.4. The molecule has 12 nitrogen and oxygen atoms in total. The highest BCUT2D eigenvalue weighted by Crippen LogP contribution is 2.36. The second-order valence-electron chi connectivity index (χ2n) is 15.1. The molecule has 4 aromatic carbocycles. The number of morpholine rings is 1. The highest BCUT2D eigenvalue weighted by atomic mass is 16.6. The minimum atomic E-state index is -0.587. The van der Waals surface area contributed by atoms with Gasteiger partial charge in [0, 0.05) is 87.6 Å². The molecule has 3 amide bonds. The molecule has 1 fully saturated rings. The van der Waals surface area contributed by atoms with Crippen LogP contribution < -0.4 is 9.64 Å². The normalized spacial score (nSPS) is 16.8. The van der Waals surface area contributed by atoms with Crippen molar-refractivity contribution < 1.29 is 34.1 Å². The van der Waals surface area contributed by atoms with E-state index in [2.05, 4.69) is 29.2 Å². The van der Waals surface area contributed by atoms with Crippen LogP contribution >= 0.6 is 0 Å². The minimum absolute atomic E-state index is 0.0803. The molecule has 8 rings (SSSR count). The monoisotopic (exact) mass is 769 g/mol. The van der Waals surface area contributed by atoms with Gasteiger partial charge in [0.25, 0.3) is 11.8 Å². The highest BCUT2D eigenvalue weighted by molar-refractivity contribution is 6.08. The fourth-order valence-electron chi connectivity index (χ4n) is 8.23. The van der Waals surface area contributed by atoms with Crippen LogP contribution in [0.2, 0.25) is 0 Å². The van der Waals surface area contributed by atoms with Crippen molar-refractivity contribution in [2.75, 3.05) is 51.3 Å². The molecule has 0 unspecified atom stereocenters. The number of hydrogen-bond acceptors (Lipinski definition) is 8.